The number of nitrogens with one attached hydrogen (secondary N) is 1. The number of aryl methyl sites for hydroxylation is 1. The van der Waals surface area contributed by atoms with E-state index in [-0.39, 0.29) is 0 Å². The number of nitrogens with zero attached hydrogens (tertiary/aromatic N) is 1. The normalized spacial score (nSPS) is 24.3. The molecule has 1 N–H and O–H groups in total. The van der Waals surface area contributed by atoms with Crippen LogP contribution in [0.3, 0.4) is 0 Å². The van der Waals surface area contributed by atoms with Crippen molar-refractivity contribution >= 4 is 0 Å². The van der Waals surface area contributed by atoms with Crippen LogP contribution in [0.2, 0.25) is 0 Å². The van der Waals surface area contributed by atoms with Crippen LogP contribution in [0.1, 0.15) is 50.5 Å². The fraction of sp³-hybridized carbons (Fsp3) is 0.786. The van der Waals surface area contributed by atoms with Gasteiger partial charge in [-0.15, -0.1) is 0 Å². The smallest absolute Gasteiger partial charge is 0.162 e. The molecule has 4 nitrogen and oxygen atoms in total. The van der Waals surface area contributed by atoms with Crippen LogP contribution in [0.5, 0.6) is 0 Å². The van der Waals surface area contributed by atoms with Gasteiger partial charge in [0.05, 0.1) is 11.8 Å². The van der Waals surface area contributed by atoms with E-state index in [9.17, 15) is 0 Å². The van der Waals surface area contributed by atoms with Crippen LogP contribution in [0.15, 0.2) is 10.6 Å². The van der Waals surface area contributed by atoms with Crippen LogP contribution in [0.25, 0.3) is 0 Å². The lowest BCUT2D eigenvalue weighted by Crippen LogP contribution is -2.35. The third-order valence-corrected chi connectivity index (χ3v) is 3.50. The Bertz CT molecular complexity index is 343. The summed E-state index contributed by atoms with van der Waals surface area (Å²) >= 11 is 0. The van der Waals surface area contributed by atoms with Gasteiger partial charge in [-0.1, -0.05) is 12.1 Å². The Morgan fingerprint density at radius 3 is 2.78 bits per heavy atom. The molecule has 1 heterocycles. The number of hydrogen-bond acceptors (Lipinski definition) is 4. The molecule has 0 saturated heterocycles. The minimum Gasteiger partial charge on any atom is -0.370 e. The van der Waals surface area contributed by atoms with E-state index in [1.54, 1.807) is 0 Å². The molecule has 0 aliphatic heterocycles. The Morgan fingerprint density at radius 2 is 2.17 bits per heavy atom. The molecule has 0 bridgehead atoms. The third-order valence-electron chi connectivity index (χ3n) is 3.50. The first-order chi connectivity index (χ1) is 8.78. The van der Waals surface area contributed by atoms with Gasteiger partial charge in [-0.05, 0) is 45.6 Å². The minimum atomic E-state index is 0.384. The monoisotopic (exact) mass is 252 g/mol. The summed E-state index contributed by atoms with van der Waals surface area (Å²) in [6, 6.07) is 2.63. The van der Waals surface area contributed by atoms with Crippen molar-refractivity contribution in [3.8, 4) is 0 Å². The molecular formula is C14H24N2O2. The third kappa shape index (κ3) is 4.10. The second-order valence-corrected chi connectivity index (χ2v) is 5.17. The van der Waals surface area contributed by atoms with Gasteiger partial charge < -0.3 is 14.6 Å². The zero-order chi connectivity index (χ0) is 12.8. The highest BCUT2D eigenvalue weighted by molar-refractivity contribution is 5.01. The average molecular weight is 252 g/mol. The van der Waals surface area contributed by atoms with E-state index in [0.717, 1.165) is 30.8 Å². The van der Waals surface area contributed by atoms with Gasteiger partial charge in [0.2, 0.25) is 0 Å². The van der Waals surface area contributed by atoms with Crippen LogP contribution in [-0.4, -0.2) is 23.8 Å². The van der Waals surface area contributed by atoms with Gasteiger partial charge in [-0.3, -0.25) is 0 Å². The molecule has 0 unspecified atom stereocenters. The van der Waals surface area contributed by atoms with Gasteiger partial charge in [0.25, 0.3) is 0 Å². The van der Waals surface area contributed by atoms with Gasteiger partial charge in [0, 0.05) is 12.1 Å². The zero-order valence-electron chi connectivity index (χ0n) is 11.4. The largest absolute Gasteiger partial charge is 0.370 e. The summed E-state index contributed by atoms with van der Waals surface area (Å²) in [5.41, 5.74) is 0.918. The van der Waals surface area contributed by atoms with Crippen molar-refractivity contribution in [3.63, 3.8) is 0 Å². The van der Waals surface area contributed by atoms with Crippen molar-refractivity contribution in [1.29, 1.82) is 0 Å². The highest BCUT2D eigenvalue weighted by Crippen LogP contribution is 2.22. The van der Waals surface area contributed by atoms with E-state index in [0.29, 0.717) is 18.8 Å². The molecule has 0 amide bonds. The van der Waals surface area contributed by atoms with E-state index < -0.39 is 0 Å². The Morgan fingerprint density at radius 1 is 1.39 bits per heavy atom. The first kappa shape index (κ1) is 13.6. The van der Waals surface area contributed by atoms with Crippen LogP contribution in [-0.2, 0) is 11.3 Å². The maximum Gasteiger partial charge on any atom is 0.162 e. The zero-order valence-corrected chi connectivity index (χ0v) is 11.4. The minimum absolute atomic E-state index is 0.384. The Balaban J connectivity index is 1.64. The average Bonchev–Trinajstić information content (AvgIpc) is 2.81. The maximum absolute atomic E-state index is 5.87. The van der Waals surface area contributed by atoms with Crippen molar-refractivity contribution in [2.75, 3.05) is 6.54 Å². The van der Waals surface area contributed by atoms with Crippen LogP contribution >= 0.6 is 0 Å². The molecule has 0 aromatic carbocycles. The fourth-order valence-corrected chi connectivity index (χ4v) is 2.47. The van der Waals surface area contributed by atoms with E-state index in [1.165, 1.54) is 19.3 Å². The summed E-state index contributed by atoms with van der Waals surface area (Å²) < 4.78 is 11.0. The highest BCUT2D eigenvalue weighted by Gasteiger charge is 2.21. The highest BCUT2D eigenvalue weighted by atomic mass is 16.5. The Labute approximate surface area is 109 Å². The molecule has 1 saturated carbocycles. The summed E-state index contributed by atoms with van der Waals surface area (Å²) in [6.07, 6.45) is 6.33. The fourth-order valence-electron chi connectivity index (χ4n) is 2.47. The summed E-state index contributed by atoms with van der Waals surface area (Å²) in [7, 11) is 0. The molecule has 18 heavy (non-hydrogen) atoms. The Kier molecular flexibility index (Phi) is 5.20. The number of ether oxygens (including phenoxy) is 1. The molecule has 102 valence electrons. The molecule has 0 spiro atoms. The van der Waals surface area contributed by atoms with Crippen molar-refractivity contribution < 1.29 is 9.26 Å². The summed E-state index contributed by atoms with van der Waals surface area (Å²) in [4.78, 5) is 0. The molecule has 1 aromatic heterocycles. The van der Waals surface area contributed by atoms with Crippen LogP contribution in [0.4, 0.5) is 0 Å². The molecule has 1 aliphatic rings. The second kappa shape index (κ2) is 6.90. The van der Waals surface area contributed by atoms with Crippen LogP contribution in [0, 0.1) is 6.92 Å². The predicted molar refractivity (Wildman–Crippen MR) is 70.4 cm³/mol. The summed E-state index contributed by atoms with van der Waals surface area (Å²) in [5, 5.41) is 7.45. The number of hydrogen-bond donors (Lipinski definition) is 1. The first-order valence-corrected chi connectivity index (χ1v) is 7.05. The van der Waals surface area contributed by atoms with Crippen LogP contribution < -0.4 is 5.32 Å². The van der Waals surface area contributed by atoms with Gasteiger partial charge in [-0.2, -0.15) is 0 Å². The van der Waals surface area contributed by atoms with Gasteiger partial charge in [0.15, 0.2) is 5.76 Å². The Hall–Kier alpha value is -0.870. The number of rotatable bonds is 6. The SMILES string of the molecule is CCCNC1CCC(OCc2cc(C)no2)CC1. The predicted octanol–water partition coefficient (Wildman–Crippen LogP) is 2.81. The lowest BCUT2D eigenvalue weighted by atomic mass is 9.93. The first-order valence-electron chi connectivity index (χ1n) is 7.05. The van der Waals surface area contributed by atoms with Gasteiger partial charge >= 0.3 is 0 Å². The topological polar surface area (TPSA) is 47.3 Å². The molecule has 0 atom stereocenters. The van der Waals surface area contributed by atoms with Crippen molar-refractivity contribution in [1.82, 2.24) is 10.5 Å². The summed E-state index contributed by atoms with van der Waals surface area (Å²) in [5.74, 6) is 0.832. The number of aromatic nitrogens is 1. The molecule has 0 radical (unpaired) electrons. The molecule has 4 heteroatoms. The van der Waals surface area contributed by atoms with E-state index in [4.69, 9.17) is 9.26 Å². The summed E-state index contributed by atoms with van der Waals surface area (Å²) in [6.45, 7) is 5.82. The lowest BCUT2D eigenvalue weighted by molar-refractivity contribution is 0.00175. The molecule has 1 aromatic rings. The van der Waals surface area contributed by atoms with Crippen molar-refractivity contribution in [2.24, 2.45) is 0 Å². The van der Waals surface area contributed by atoms with E-state index in [1.807, 2.05) is 13.0 Å². The quantitative estimate of drug-likeness (QED) is 0.845. The standard InChI is InChI=1S/C14H24N2O2/c1-3-8-15-12-4-6-13(7-5-12)17-10-14-9-11(2)16-18-14/h9,12-13,15H,3-8,10H2,1-2H3. The van der Waals surface area contributed by atoms with Crippen molar-refractivity contribution in [2.45, 2.75) is 64.7 Å². The lowest BCUT2D eigenvalue weighted by Gasteiger charge is -2.28. The molecule has 1 fully saturated rings. The van der Waals surface area contributed by atoms with Gasteiger partial charge in [0.1, 0.15) is 6.61 Å². The van der Waals surface area contributed by atoms with Crippen molar-refractivity contribution in [3.05, 3.63) is 17.5 Å². The van der Waals surface area contributed by atoms with E-state index >= 15 is 0 Å². The molecular weight excluding hydrogens is 228 g/mol. The van der Waals surface area contributed by atoms with E-state index in [2.05, 4.69) is 17.4 Å². The second-order valence-electron chi connectivity index (χ2n) is 5.17. The molecule has 2 rings (SSSR count). The van der Waals surface area contributed by atoms with Gasteiger partial charge in [-0.25, -0.2) is 0 Å². The molecule has 1 aliphatic carbocycles. The maximum atomic E-state index is 5.87.